The van der Waals surface area contributed by atoms with Gasteiger partial charge in [-0.3, -0.25) is 14.4 Å². The Balaban J connectivity index is 1.86. The molecular formula is C26H32FN3O4. The molecule has 1 saturated heterocycles. The Morgan fingerprint density at radius 3 is 2.24 bits per heavy atom. The Kier molecular flexibility index (Phi) is 7.12. The minimum atomic E-state index is -1.08. The zero-order valence-corrected chi connectivity index (χ0v) is 20.2. The number of rotatable bonds is 6. The first-order chi connectivity index (χ1) is 15.8. The number of hydrogen-bond acceptors (Lipinski definition) is 4. The van der Waals surface area contributed by atoms with Crippen LogP contribution in [0.3, 0.4) is 0 Å². The van der Waals surface area contributed by atoms with Crippen molar-refractivity contribution in [2.75, 3.05) is 11.9 Å². The van der Waals surface area contributed by atoms with E-state index in [4.69, 9.17) is 0 Å². The molecule has 0 aromatic heterocycles. The molecule has 0 saturated carbocycles. The van der Waals surface area contributed by atoms with Crippen LogP contribution in [0.5, 0.6) is 0 Å². The molecule has 182 valence electrons. The van der Waals surface area contributed by atoms with Crippen LogP contribution in [-0.2, 0) is 25.4 Å². The molecule has 4 N–H and O–H groups in total. The summed E-state index contributed by atoms with van der Waals surface area (Å²) in [5.74, 6) is -2.22. The second-order valence-corrected chi connectivity index (χ2v) is 10.3. The van der Waals surface area contributed by atoms with Crippen molar-refractivity contribution >= 4 is 23.4 Å². The molecule has 0 aliphatic carbocycles. The molecule has 2 aromatic carbocycles. The number of hydrogen-bond donors (Lipinski definition) is 4. The Morgan fingerprint density at radius 2 is 1.74 bits per heavy atom. The van der Waals surface area contributed by atoms with Gasteiger partial charge >= 0.3 is 0 Å². The molecule has 1 fully saturated rings. The van der Waals surface area contributed by atoms with Gasteiger partial charge in [-0.1, -0.05) is 51.1 Å². The van der Waals surface area contributed by atoms with Crippen molar-refractivity contribution < 1.29 is 23.9 Å². The summed E-state index contributed by atoms with van der Waals surface area (Å²) < 4.78 is 14.6. The number of anilines is 1. The molecule has 7 nitrogen and oxygen atoms in total. The highest BCUT2D eigenvalue weighted by molar-refractivity contribution is 5.99. The summed E-state index contributed by atoms with van der Waals surface area (Å²) in [6.07, 6.45) is 0.0529. The van der Waals surface area contributed by atoms with Gasteiger partial charge in [0.15, 0.2) is 0 Å². The van der Waals surface area contributed by atoms with E-state index in [-0.39, 0.29) is 24.6 Å². The normalized spacial score (nSPS) is 17.1. The molecule has 0 radical (unpaired) electrons. The fourth-order valence-electron chi connectivity index (χ4n) is 3.85. The van der Waals surface area contributed by atoms with Crippen molar-refractivity contribution in [1.29, 1.82) is 0 Å². The SMILES string of the molecule is CC(C)(C)c1ccc(NC(=O)[C@H](NC(=O)[C@H]2CNC(=O)C2)c2ccc(C(C)(C)O)cc2)cc1F. The Labute approximate surface area is 199 Å². The topological polar surface area (TPSA) is 108 Å². The van der Waals surface area contributed by atoms with Crippen molar-refractivity contribution in [2.24, 2.45) is 5.92 Å². The first-order valence-electron chi connectivity index (χ1n) is 11.3. The van der Waals surface area contributed by atoms with E-state index in [1.165, 1.54) is 6.07 Å². The van der Waals surface area contributed by atoms with Gasteiger partial charge in [-0.2, -0.15) is 0 Å². The Morgan fingerprint density at radius 1 is 1.09 bits per heavy atom. The lowest BCUT2D eigenvalue weighted by atomic mass is 9.86. The van der Waals surface area contributed by atoms with E-state index in [9.17, 15) is 23.9 Å². The number of carbonyl (C=O) groups excluding carboxylic acids is 3. The fraction of sp³-hybridized carbons (Fsp3) is 0.423. The van der Waals surface area contributed by atoms with Gasteiger partial charge in [0.25, 0.3) is 5.91 Å². The van der Waals surface area contributed by atoms with Crippen molar-refractivity contribution in [1.82, 2.24) is 10.6 Å². The van der Waals surface area contributed by atoms with E-state index < -0.39 is 40.6 Å². The average Bonchev–Trinajstić information content (AvgIpc) is 3.17. The van der Waals surface area contributed by atoms with Gasteiger partial charge in [0.1, 0.15) is 11.9 Å². The van der Waals surface area contributed by atoms with Crippen LogP contribution in [0.4, 0.5) is 10.1 Å². The molecule has 1 aliphatic rings. The number of halogens is 1. The molecule has 0 spiro atoms. The summed E-state index contributed by atoms with van der Waals surface area (Å²) in [6, 6.07) is 10.1. The third-order valence-electron chi connectivity index (χ3n) is 5.89. The summed E-state index contributed by atoms with van der Waals surface area (Å²) in [5, 5.41) is 18.2. The highest BCUT2D eigenvalue weighted by Crippen LogP contribution is 2.28. The molecular weight excluding hydrogens is 437 g/mol. The second-order valence-electron chi connectivity index (χ2n) is 10.3. The molecule has 1 heterocycles. The van der Waals surface area contributed by atoms with Gasteiger partial charge in [-0.05, 0) is 48.1 Å². The molecule has 8 heteroatoms. The maximum Gasteiger partial charge on any atom is 0.251 e. The first kappa shape index (κ1) is 25.4. The number of benzene rings is 2. The smallest absolute Gasteiger partial charge is 0.251 e. The fourth-order valence-corrected chi connectivity index (χ4v) is 3.85. The van der Waals surface area contributed by atoms with Gasteiger partial charge in [0.05, 0.1) is 11.5 Å². The lowest BCUT2D eigenvalue weighted by molar-refractivity contribution is -0.129. The predicted octanol–water partition coefficient (Wildman–Crippen LogP) is 3.28. The van der Waals surface area contributed by atoms with Crippen LogP contribution in [-0.4, -0.2) is 29.4 Å². The van der Waals surface area contributed by atoms with Crippen molar-refractivity contribution in [3.63, 3.8) is 0 Å². The van der Waals surface area contributed by atoms with Gasteiger partial charge in [-0.15, -0.1) is 0 Å². The van der Waals surface area contributed by atoms with Crippen LogP contribution in [0.15, 0.2) is 42.5 Å². The quantitative estimate of drug-likeness (QED) is 0.521. The van der Waals surface area contributed by atoms with Crippen molar-refractivity contribution in [3.8, 4) is 0 Å². The highest BCUT2D eigenvalue weighted by Gasteiger charge is 2.32. The lowest BCUT2D eigenvalue weighted by Crippen LogP contribution is -2.40. The van der Waals surface area contributed by atoms with Crippen LogP contribution in [0.1, 0.15) is 63.8 Å². The molecule has 2 aromatic rings. The Bertz CT molecular complexity index is 1080. The van der Waals surface area contributed by atoms with E-state index >= 15 is 0 Å². The van der Waals surface area contributed by atoms with Crippen LogP contribution < -0.4 is 16.0 Å². The van der Waals surface area contributed by atoms with E-state index in [0.29, 0.717) is 16.7 Å². The molecule has 3 rings (SSSR count). The third-order valence-corrected chi connectivity index (χ3v) is 5.89. The third kappa shape index (κ3) is 5.99. The van der Waals surface area contributed by atoms with E-state index in [0.717, 1.165) is 0 Å². The van der Waals surface area contributed by atoms with E-state index in [1.807, 2.05) is 20.8 Å². The van der Waals surface area contributed by atoms with Crippen molar-refractivity contribution in [3.05, 3.63) is 65.0 Å². The standard InChI is InChI=1S/C26H32FN3O4/c1-25(2,3)19-11-10-18(13-20(19)27)29-24(33)22(30-23(32)16-12-21(31)28-14-16)15-6-8-17(9-7-15)26(4,5)34/h6-11,13,16,22,34H,12,14H2,1-5H3,(H,28,31)(H,29,33)(H,30,32)/t16-,22-/m1/s1. The largest absolute Gasteiger partial charge is 0.386 e. The minimum absolute atomic E-state index is 0.0529. The van der Waals surface area contributed by atoms with Crippen LogP contribution in [0, 0.1) is 11.7 Å². The maximum atomic E-state index is 14.6. The summed E-state index contributed by atoms with van der Waals surface area (Å²) in [4.78, 5) is 37.5. The maximum absolute atomic E-state index is 14.6. The summed E-state index contributed by atoms with van der Waals surface area (Å²) in [7, 11) is 0. The monoisotopic (exact) mass is 469 g/mol. The summed E-state index contributed by atoms with van der Waals surface area (Å²) in [6.45, 7) is 9.19. The molecule has 0 bridgehead atoms. The van der Waals surface area contributed by atoms with Gasteiger partial charge in [0.2, 0.25) is 11.8 Å². The molecule has 1 aliphatic heterocycles. The van der Waals surface area contributed by atoms with Crippen LogP contribution >= 0.6 is 0 Å². The lowest BCUT2D eigenvalue weighted by Gasteiger charge is -2.23. The molecule has 34 heavy (non-hydrogen) atoms. The average molecular weight is 470 g/mol. The molecule has 0 unspecified atom stereocenters. The van der Waals surface area contributed by atoms with Gasteiger partial charge in [0, 0.05) is 18.7 Å². The van der Waals surface area contributed by atoms with Crippen LogP contribution in [0.25, 0.3) is 0 Å². The molecule has 3 amide bonds. The number of carbonyl (C=O) groups is 3. The van der Waals surface area contributed by atoms with E-state index in [1.54, 1.807) is 50.2 Å². The summed E-state index contributed by atoms with van der Waals surface area (Å²) >= 11 is 0. The highest BCUT2D eigenvalue weighted by atomic mass is 19.1. The number of amides is 3. The number of nitrogens with one attached hydrogen (secondary N) is 3. The predicted molar refractivity (Wildman–Crippen MR) is 127 cm³/mol. The van der Waals surface area contributed by atoms with Crippen molar-refractivity contribution in [2.45, 2.75) is 58.1 Å². The van der Waals surface area contributed by atoms with Gasteiger partial charge in [-0.25, -0.2) is 4.39 Å². The number of aliphatic hydroxyl groups is 1. The van der Waals surface area contributed by atoms with Gasteiger partial charge < -0.3 is 21.1 Å². The summed E-state index contributed by atoms with van der Waals surface area (Å²) in [5.41, 5.74) is 0.464. The first-order valence-corrected chi connectivity index (χ1v) is 11.3. The molecule has 2 atom stereocenters. The Hall–Kier alpha value is -3.26. The zero-order chi connectivity index (χ0) is 25.3. The second kappa shape index (κ2) is 9.54. The van der Waals surface area contributed by atoms with E-state index in [2.05, 4.69) is 16.0 Å². The minimum Gasteiger partial charge on any atom is -0.386 e. The van der Waals surface area contributed by atoms with Crippen LogP contribution in [0.2, 0.25) is 0 Å². The zero-order valence-electron chi connectivity index (χ0n) is 20.2.